The van der Waals surface area contributed by atoms with Gasteiger partial charge in [-0.15, -0.1) is 24.0 Å². The van der Waals surface area contributed by atoms with E-state index in [0.29, 0.717) is 12.6 Å². The van der Waals surface area contributed by atoms with Crippen molar-refractivity contribution in [3.05, 3.63) is 78.4 Å². The van der Waals surface area contributed by atoms with Gasteiger partial charge >= 0.3 is 0 Å². The maximum absolute atomic E-state index is 4.44. The normalized spacial score (nSPS) is 15.3. The van der Waals surface area contributed by atoms with Gasteiger partial charge in [0.05, 0.1) is 11.4 Å². The molecule has 4 rings (SSSR count). The van der Waals surface area contributed by atoms with Crippen molar-refractivity contribution >= 4 is 29.9 Å². The van der Waals surface area contributed by atoms with Crippen LogP contribution in [0.15, 0.2) is 72.1 Å². The van der Waals surface area contributed by atoms with E-state index in [9.17, 15) is 0 Å². The number of halogens is 1. The van der Waals surface area contributed by atoms with Gasteiger partial charge in [0.15, 0.2) is 5.96 Å². The van der Waals surface area contributed by atoms with Crippen LogP contribution in [0.1, 0.15) is 24.1 Å². The van der Waals surface area contributed by atoms with Gasteiger partial charge in [-0.05, 0) is 48.7 Å². The Labute approximate surface area is 201 Å². The van der Waals surface area contributed by atoms with Gasteiger partial charge in [-0.25, -0.2) is 4.68 Å². The molecule has 0 radical (unpaired) electrons. The van der Waals surface area contributed by atoms with Crippen LogP contribution in [0.3, 0.4) is 0 Å². The number of rotatable bonds is 6. The topological polar surface area (TPSA) is 70.4 Å². The Morgan fingerprint density at radius 2 is 1.97 bits per heavy atom. The smallest absolute Gasteiger partial charge is 0.191 e. The summed E-state index contributed by atoms with van der Waals surface area (Å²) in [6.07, 6.45) is 7.81. The predicted molar refractivity (Wildman–Crippen MR) is 135 cm³/mol. The first-order valence-corrected chi connectivity index (χ1v) is 10.5. The zero-order valence-electron chi connectivity index (χ0n) is 17.8. The third-order valence-electron chi connectivity index (χ3n) is 5.40. The zero-order valence-corrected chi connectivity index (χ0v) is 20.1. The minimum Gasteiger partial charge on any atom is -0.354 e. The van der Waals surface area contributed by atoms with Gasteiger partial charge in [0.25, 0.3) is 0 Å². The number of aliphatic imine (C=N–C) groups is 1. The van der Waals surface area contributed by atoms with Gasteiger partial charge in [0.1, 0.15) is 0 Å². The van der Waals surface area contributed by atoms with Crippen LogP contribution in [-0.2, 0) is 13.1 Å². The zero-order chi connectivity index (χ0) is 20.6. The molecule has 0 amide bonds. The van der Waals surface area contributed by atoms with Crippen molar-refractivity contribution in [2.45, 2.75) is 32.0 Å². The van der Waals surface area contributed by atoms with Crippen molar-refractivity contribution in [1.29, 1.82) is 0 Å². The molecule has 3 heterocycles. The van der Waals surface area contributed by atoms with Gasteiger partial charge in [-0.1, -0.05) is 18.2 Å². The summed E-state index contributed by atoms with van der Waals surface area (Å²) in [5.74, 6) is 0.850. The summed E-state index contributed by atoms with van der Waals surface area (Å²) in [7, 11) is 1.83. The van der Waals surface area contributed by atoms with Crippen LogP contribution in [0.5, 0.6) is 0 Å². The highest BCUT2D eigenvalue weighted by atomic mass is 127. The number of hydrogen-bond acceptors (Lipinski definition) is 4. The van der Waals surface area contributed by atoms with E-state index in [1.807, 2.05) is 36.3 Å². The molecular formula is C23H30IN7. The summed E-state index contributed by atoms with van der Waals surface area (Å²) in [6.45, 7) is 3.77. The first-order valence-electron chi connectivity index (χ1n) is 10.5. The largest absolute Gasteiger partial charge is 0.354 e. The summed E-state index contributed by atoms with van der Waals surface area (Å²) in [6, 6.07) is 16.8. The summed E-state index contributed by atoms with van der Waals surface area (Å²) in [5, 5.41) is 11.3. The number of nitrogens with zero attached hydrogens (tertiary/aromatic N) is 5. The number of hydrogen-bond donors (Lipinski definition) is 2. The first kappa shape index (κ1) is 23.2. The maximum Gasteiger partial charge on any atom is 0.191 e. The van der Waals surface area contributed by atoms with E-state index >= 15 is 0 Å². The molecule has 31 heavy (non-hydrogen) atoms. The molecule has 1 saturated heterocycles. The van der Waals surface area contributed by atoms with Crippen molar-refractivity contribution in [3.63, 3.8) is 0 Å². The lowest BCUT2D eigenvalue weighted by Crippen LogP contribution is -2.48. The van der Waals surface area contributed by atoms with E-state index < -0.39 is 0 Å². The minimum atomic E-state index is 0. The Hall–Kier alpha value is -2.46. The highest BCUT2D eigenvalue weighted by molar-refractivity contribution is 14.0. The van der Waals surface area contributed by atoms with Crippen molar-refractivity contribution in [3.8, 4) is 5.69 Å². The molecule has 164 valence electrons. The molecule has 8 heteroatoms. The molecule has 1 aromatic carbocycles. The molecule has 7 nitrogen and oxygen atoms in total. The second kappa shape index (κ2) is 11.8. The molecule has 0 atom stereocenters. The standard InChI is InChI=1S/C23H29N7.HI/c1-24-23(26-17-19-6-4-8-22(16-19)30-13-5-12-27-30)28-20-9-14-29(15-10-20)18-21-7-2-3-11-25-21;/h2-8,11-13,16,20H,9-10,14-15,17-18H2,1H3,(H2,24,26,28);1H. The summed E-state index contributed by atoms with van der Waals surface area (Å²) in [5.41, 5.74) is 3.39. The minimum absolute atomic E-state index is 0. The number of pyridine rings is 1. The number of nitrogens with one attached hydrogen (secondary N) is 2. The lowest BCUT2D eigenvalue weighted by Gasteiger charge is -2.32. The van der Waals surface area contributed by atoms with Crippen LogP contribution >= 0.6 is 24.0 Å². The number of piperidine rings is 1. The van der Waals surface area contributed by atoms with Crippen LogP contribution in [0.2, 0.25) is 0 Å². The fourth-order valence-corrected chi connectivity index (χ4v) is 3.76. The number of aromatic nitrogens is 3. The van der Waals surface area contributed by atoms with Gasteiger partial charge in [-0.3, -0.25) is 14.9 Å². The SMILES string of the molecule is CN=C(NCc1cccc(-n2cccn2)c1)NC1CCN(Cc2ccccn2)CC1.I. The van der Waals surface area contributed by atoms with Crippen LogP contribution < -0.4 is 10.6 Å². The summed E-state index contributed by atoms with van der Waals surface area (Å²) < 4.78 is 1.87. The van der Waals surface area contributed by atoms with E-state index in [1.54, 1.807) is 6.20 Å². The average molecular weight is 531 g/mol. The van der Waals surface area contributed by atoms with E-state index in [0.717, 1.165) is 49.8 Å². The van der Waals surface area contributed by atoms with Crippen LogP contribution in [0.4, 0.5) is 0 Å². The molecule has 1 fully saturated rings. The fourth-order valence-electron chi connectivity index (χ4n) is 3.76. The van der Waals surface area contributed by atoms with Crippen molar-refractivity contribution in [2.24, 2.45) is 4.99 Å². The van der Waals surface area contributed by atoms with E-state index in [-0.39, 0.29) is 24.0 Å². The van der Waals surface area contributed by atoms with Crippen molar-refractivity contribution in [2.75, 3.05) is 20.1 Å². The molecule has 1 aliphatic heterocycles. The van der Waals surface area contributed by atoms with Crippen molar-refractivity contribution in [1.82, 2.24) is 30.3 Å². The average Bonchev–Trinajstić information content (AvgIpc) is 3.34. The van der Waals surface area contributed by atoms with E-state index in [4.69, 9.17) is 0 Å². The van der Waals surface area contributed by atoms with Crippen LogP contribution in [0.25, 0.3) is 5.69 Å². The monoisotopic (exact) mass is 531 g/mol. The van der Waals surface area contributed by atoms with Gasteiger partial charge in [0.2, 0.25) is 0 Å². The number of benzene rings is 1. The molecule has 2 aromatic heterocycles. The molecule has 1 aliphatic rings. The lowest BCUT2D eigenvalue weighted by molar-refractivity contribution is 0.196. The van der Waals surface area contributed by atoms with Gasteiger partial charge in [0, 0.05) is 57.9 Å². The fraction of sp³-hybridized carbons (Fsp3) is 0.348. The van der Waals surface area contributed by atoms with Gasteiger partial charge in [-0.2, -0.15) is 5.10 Å². The molecule has 0 unspecified atom stereocenters. The molecule has 0 saturated carbocycles. The molecule has 0 bridgehead atoms. The van der Waals surface area contributed by atoms with E-state index in [2.05, 4.69) is 67.0 Å². The Morgan fingerprint density at radius 3 is 2.68 bits per heavy atom. The molecule has 3 aromatic rings. The Morgan fingerprint density at radius 1 is 1.10 bits per heavy atom. The first-order chi connectivity index (χ1) is 14.8. The van der Waals surface area contributed by atoms with E-state index in [1.165, 1.54) is 5.56 Å². The second-order valence-corrected chi connectivity index (χ2v) is 7.56. The predicted octanol–water partition coefficient (Wildman–Crippen LogP) is 3.21. The molecule has 2 N–H and O–H groups in total. The third-order valence-corrected chi connectivity index (χ3v) is 5.40. The highest BCUT2D eigenvalue weighted by Gasteiger charge is 2.20. The van der Waals surface area contributed by atoms with Crippen molar-refractivity contribution < 1.29 is 0 Å². The van der Waals surface area contributed by atoms with Gasteiger partial charge < -0.3 is 10.6 Å². The Bertz CT molecular complexity index is 936. The van der Waals surface area contributed by atoms with Crippen LogP contribution in [0, 0.1) is 0 Å². The maximum atomic E-state index is 4.44. The third kappa shape index (κ3) is 6.76. The number of likely N-dealkylation sites (tertiary alicyclic amines) is 1. The Kier molecular flexibility index (Phi) is 8.84. The second-order valence-electron chi connectivity index (χ2n) is 7.56. The lowest BCUT2D eigenvalue weighted by atomic mass is 10.0. The molecule has 0 aliphatic carbocycles. The highest BCUT2D eigenvalue weighted by Crippen LogP contribution is 2.13. The molecule has 0 spiro atoms. The van der Waals surface area contributed by atoms with Crippen LogP contribution in [-0.4, -0.2) is 51.8 Å². The Balaban J connectivity index is 0.00000272. The summed E-state index contributed by atoms with van der Waals surface area (Å²) in [4.78, 5) is 11.3. The number of guanidine groups is 1. The molecular weight excluding hydrogens is 501 g/mol. The quantitative estimate of drug-likeness (QED) is 0.291. The summed E-state index contributed by atoms with van der Waals surface area (Å²) >= 11 is 0.